The molecule has 0 radical (unpaired) electrons. The highest BCUT2D eigenvalue weighted by Crippen LogP contribution is 2.21. The third kappa shape index (κ3) is 5.15. The summed E-state index contributed by atoms with van der Waals surface area (Å²) < 4.78 is 0. The van der Waals surface area contributed by atoms with E-state index in [2.05, 4.69) is 39.2 Å². The first-order valence-corrected chi connectivity index (χ1v) is 9.65. The van der Waals surface area contributed by atoms with E-state index in [4.69, 9.17) is 10.2 Å². The van der Waals surface area contributed by atoms with Crippen molar-refractivity contribution in [2.45, 2.75) is 12.8 Å². The molecule has 12 heteroatoms. The summed E-state index contributed by atoms with van der Waals surface area (Å²) in [6.07, 6.45) is -0.593. The molecule has 0 atom stereocenters. The minimum Gasteiger partial charge on any atom is -0.481 e. The largest absolute Gasteiger partial charge is 0.481 e. The highest BCUT2D eigenvalue weighted by Gasteiger charge is 2.37. The minimum atomic E-state index is -1.08. The van der Waals surface area contributed by atoms with E-state index >= 15 is 0 Å². The minimum absolute atomic E-state index is 0.296. The summed E-state index contributed by atoms with van der Waals surface area (Å²) in [7, 11) is 0. The van der Waals surface area contributed by atoms with Crippen molar-refractivity contribution in [1.82, 2.24) is 39.2 Å². The van der Waals surface area contributed by atoms with Crippen LogP contribution < -0.4 is 0 Å². The van der Waals surface area contributed by atoms with Gasteiger partial charge in [-0.1, -0.05) is 0 Å². The Bertz CT molecular complexity index is 428. The average molecular weight is 398 g/mol. The zero-order valence-electron chi connectivity index (χ0n) is 16.2. The van der Waals surface area contributed by atoms with E-state index in [0.717, 1.165) is 0 Å². The molecule has 0 aliphatic carbocycles. The maximum Gasteiger partial charge on any atom is 0.303 e. The number of hydrogen-bond acceptors (Lipinski definition) is 10. The maximum absolute atomic E-state index is 9.64. The third-order valence-electron chi connectivity index (χ3n) is 5.35. The summed E-state index contributed by atoms with van der Waals surface area (Å²) in [6, 6.07) is 0. The zero-order chi connectivity index (χ0) is 19.7. The van der Waals surface area contributed by atoms with Gasteiger partial charge >= 0.3 is 11.9 Å². The Balaban J connectivity index is 0.000000104. The van der Waals surface area contributed by atoms with Crippen LogP contribution in [0.15, 0.2) is 0 Å². The summed E-state index contributed by atoms with van der Waals surface area (Å²) in [5, 5.41) is 15.8. The summed E-state index contributed by atoms with van der Waals surface area (Å²) in [4.78, 5) is 39.0. The van der Waals surface area contributed by atoms with Gasteiger partial charge in [-0.15, -0.1) is 0 Å². The first-order chi connectivity index (χ1) is 13.4. The van der Waals surface area contributed by atoms with Gasteiger partial charge in [-0.05, 0) is 0 Å². The Morgan fingerprint density at radius 3 is 0.679 bits per heavy atom. The fraction of sp³-hybridized carbons (Fsp3) is 0.875. The van der Waals surface area contributed by atoms with Gasteiger partial charge in [0, 0.05) is 0 Å². The van der Waals surface area contributed by atoms with Crippen molar-refractivity contribution in [3.63, 3.8) is 0 Å². The third-order valence-corrected chi connectivity index (χ3v) is 5.35. The summed E-state index contributed by atoms with van der Waals surface area (Å²) in [5.41, 5.74) is 0. The molecule has 8 bridgehead atoms. The second kappa shape index (κ2) is 8.55. The molecule has 12 nitrogen and oxygen atoms in total. The Morgan fingerprint density at radius 1 is 0.429 bits per heavy atom. The zero-order valence-corrected chi connectivity index (χ0v) is 16.2. The fourth-order valence-corrected chi connectivity index (χ4v) is 4.68. The van der Waals surface area contributed by atoms with Crippen molar-refractivity contribution in [2.24, 2.45) is 0 Å². The van der Waals surface area contributed by atoms with E-state index in [1.165, 1.54) is 80.0 Å². The van der Waals surface area contributed by atoms with Crippen LogP contribution in [0.5, 0.6) is 0 Å². The van der Waals surface area contributed by atoms with Gasteiger partial charge in [-0.25, -0.2) is 0 Å². The van der Waals surface area contributed by atoms with Gasteiger partial charge in [0.2, 0.25) is 0 Å². The molecule has 0 aromatic rings. The summed E-state index contributed by atoms with van der Waals surface area (Å²) in [5.74, 6) is -2.15. The number of hydrogen-bond donors (Lipinski definition) is 2. The lowest BCUT2D eigenvalue weighted by atomic mass is 10.3. The molecule has 2 N–H and O–H groups in total. The van der Waals surface area contributed by atoms with Gasteiger partial charge in [0.25, 0.3) is 0 Å². The van der Waals surface area contributed by atoms with Gasteiger partial charge in [-0.2, -0.15) is 0 Å². The Labute approximate surface area is 164 Å². The second-order valence-corrected chi connectivity index (χ2v) is 8.35. The van der Waals surface area contributed by atoms with E-state index in [1.54, 1.807) is 0 Å². The number of carboxylic acid groups (broad SMARTS) is 2. The number of rotatable bonds is 3. The van der Waals surface area contributed by atoms with Crippen LogP contribution in [0.4, 0.5) is 0 Å². The Hall–Kier alpha value is -1.38. The first-order valence-electron chi connectivity index (χ1n) is 9.65. The van der Waals surface area contributed by atoms with Gasteiger partial charge in [0.1, 0.15) is 0 Å². The smallest absolute Gasteiger partial charge is 0.303 e. The molecule has 8 heterocycles. The summed E-state index contributed by atoms with van der Waals surface area (Å²) >= 11 is 0. The number of carboxylic acids is 2. The lowest BCUT2D eigenvalue weighted by Gasteiger charge is -2.56. The van der Waals surface area contributed by atoms with E-state index in [9.17, 15) is 9.59 Å². The maximum atomic E-state index is 9.64. The predicted molar refractivity (Wildman–Crippen MR) is 97.6 cm³/mol. The molecule has 8 fully saturated rings. The number of aliphatic carboxylic acids is 2. The SMILES string of the molecule is C1N2CN3CN1CN(C2)C3.C1N2CN3CN1CN(C2)C3.O=C(O)CCC(=O)O. The van der Waals surface area contributed by atoms with Crippen LogP contribution in [0.2, 0.25) is 0 Å². The number of carbonyl (C=O) groups is 2. The van der Waals surface area contributed by atoms with Gasteiger partial charge in [0.05, 0.1) is 92.9 Å². The molecule has 8 aliphatic heterocycles. The molecule has 8 saturated heterocycles. The van der Waals surface area contributed by atoms with E-state index in [0.29, 0.717) is 0 Å². The van der Waals surface area contributed by atoms with Gasteiger partial charge < -0.3 is 10.2 Å². The van der Waals surface area contributed by atoms with Gasteiger partial charge in [-0.3, -0.25) is 48.8 Å². The predicted octanol–water partition coefficient (Wildman–Crippen LogP) is -2.10. The van der Waals surface area contributed by atoms with Crippen molar-refractivity contribution >= 4 is 11.9 Å². The molecule has 0 saturated carbocycles. The highest BCUT2D eigenvalue weighted by atomic mass is 16.4. The van der Waals surface area contributed by atoms with Crippen LogP contribution in [-0.2, 0) is 9.59 Å². The van der Waals surface area contributed by atoms with E-state index in [1.807, 2.05) is 0 Å². The molecule has 0 unspecified atom stereocenters. The Morgan fingerprint density at radius 2 is 0.571 bits per heavy atom. The molecular formula is C16H30N8O4. The van der Waals surface area contributed by atoms with Crippen LogP contribution in [-0.4, -0.2) is 141 Å². The van der Waals surface area contributed by atoms with Crippen molar-refractivity contribution in [2.75, 3.05) is 80.0 Å². The fourth-order valence-electron chi connectivity index (χ4n) is 4.68. The quantitative estimate of drug-likeness (QED) is 0.544. The van der Waals surface area contributed by atoms with Crippen molar-refractivity contribution in [3.05, 3.63) is 0 Å². The van der Waals surface area contributed by atoms with Crippen molar-refractivity contribution in [3.8, 4) is 0 Å². The lowest BCUT2D eigenvalue weighted by molar-refractivity contribution is -0.194. The molecule has 0 aromatic heterocycles. The molecular weight excluding hydrogens is 368 g/mol. The monoisotopic (exact) mass is 398 g/mol. The second-order valence-electron chi connectivity index (χ2n) is 8.35. The molecule has 0 spiro atoms. The molecule has 0 amide bonds. The van der Waals surface area contributed by atoms with Crippen LogP contribution in [0, 0.1) is 0 Å². The normalized spacial score (nSPS) is 43.6. The van der Waals surface area contributed by atoms with Crippen LogP contribution in [0.1, 0.15) is 12.8 Å². The lowest BCUT2D eigenvalue weighted by Crippen LogP contribution is -2.71. The van der Waals surface area contributed by atoms with Crippen molar-refractivity contribution in [1.29, 1.82) is 0 Å². The first kappa shape index (κ1) is 19.9. The molecule has 28 heavy (non-hydrogen) atoms. The standard InChI is InChI=1S/2C6H12N4.C4H6O4/c2*1-7-2-9-4-8(1)5-10(3-7)6-9;5-3(6)1-2-4(7)8/h2*1-6H2;1-2H2,(H,5,6)(H,7,8). The topological polar surface area (TPSA) is 101 Å². The summed E-state index contributed by atoms with van der Waals surface area (Å²) in [6.45, 7) is 14.2. The Kier molecular flexibility index (Phi) is 6.08. The van der Waals surface area contributed by atoms with E-state index < -0.39 is 11.9 Å². The van der Waals surface area contributed by atoms with Crippen LogP contribution in [0.25, 0.3) is 0 Å². The highest BCUT2D eigenvalue weighted by molar-refractivity contribution is 5.75. The molecule has 8 rings (SSSR count). The van der Waals surface area contributed by atoms with Gasteiger partial charge in [0.15, 0.2) is 0 Å². The number of nitrogens with zero attached hydrogens (tertiary/aromatic N) is 8. The van der Waals surface area contributed by atoms with Crippen molar-refractivity contribution < 1.29 is 19.8 Å². The molecule has 158 valence electrons. The average Bonchev–Trinajstić information content (AvgIpc) is 2.59. The molecule has 8 aliphatic rings. The van der Waals surface area contributed by atoms with Crippen LogP contribution in [0.3, 0.4) is 0 Å². The molecule has 0 aromatic carbocycles. The van der Waals surface area contributed by atoms with E-state index in [-0.39, 0.29) is 12.8 Å². The van der Waals surface area contributed by atoms with Crippen LogP contribution >= 0.6 is 0 Å².